The summed E-state index contributed by atoms with van der Waals surface area (Å²) in [6.45, 7) is 0. The SMILES string of the molecule is NC1(CCc2cccc(O)c2Br)CC1. The normalized spacial score (nSPS) is 18.1. The Bertz CT molecular complexity index is 347. The van der Waals surface area contributed by atoms with Gasteiger partial charge >= 0.3 is 0 Å². The summed E-state index contributed by atoms with van der Waals surface area (Å²) in [5.74, 6) is 0.310. The summed E-state index contributed by atoms with van der Waals surface area (Å²) in [5.41, 5.74) is 7.23. The molecule has 1 fully saturated rings. The minimum absolute atomic E-state index is 0.0882. The molecule has 1 aromatic rings. The number of hydrogen-bond acceptors (Lipinski definition) is 2. The van der Waals surface area contributed by atoms with Gasteiger partial charge in [0.05, 0.1) is 4.47 Å². The van der Waals surface area contributed by atoms with Crippen LogP contribution in [0.1, 0.15) is 24.8 Å². The highest BCUT2D eigenvalue weighted by atomic mass is 79.9. The highest BCUT2D eigenvalue weighted by Gasteiger charge is 2.37. The maximum absolute atomic E-state index is 9.47. The van der Waals surface area contributed by atoms with Crippen LogP contribution in [-0.4, -0.2) is 10.6 Å². The second-order valence-electron chi connectivity index (χ2n) is 4.11. The summed E-state index contributed by atoms with van der Waals surface area (Å²) in [7, 11) is 0. The van der Waals surface area contributed by atoms with E-state index in [-0.39, 0.29) is 5.54 Å². The first-order valence-corrected chi connectivity index (χ1v) is 5.65. The molecule has 76 valence electrons. The van der Waals surface area contributed by atoms with Crippen molar-refractivity contribution in [3.63, 3.8) is 0 Å². The zero-order chi connectivity index (χ0) is 10.2. The molecule has 14 heavy (non-hydrogen) atoms. The number of phenolic OH excluding ortho intramolecular Hbond substituents is 1. The average Bonchev–Trinajstić information content (AvgIpc) is 2.88. The van der Waals surface area contributed by atoms with Crippen molar-refractivity contribution in [1.82, 2.24) is 0 Å². The zero-order valence-electron chi connectivity index (χ0n) is 7.96. The van der Waals surface area contributed by atoms with Crippen molar-refractivity contribution < 1.29 is 5.11 Å². The highest BCUT2D eigenvalue weighted by Crippen LogP contribution is 2.38. The van der Waals surface area contributed by atoms with Crippen molar-refractivity contribution in [2.45, 2.75) is 31.2 Å². The lowest BCUT2D eigenvalue weighted by molar-refractivity contribution is 0.470. The van der Waals surface area contributed by atoms with Crippen molar-refractivity contribution in [2.24, 2.45) is 5.73 Å². The number of rotatable bonds is 3. The van der Waals surface area contributed by atoms with Crippen LogP contribution in [0, 0.1) is 0 Å². The van der Waals surface area contributed by atoms with E-state index in [0.29, 0.717) is 5.75 Å². The van der Waals surface area contributed by atoms with Crippen LogP contribution in [0.3, 0.4) is 0 Å². The first-order valence-electron chi connectivity index (χ1n) is 4.86. The molecule has 1 saturated carbocycles. The minimum Gasteiger partial charge on any atom is -0.507 e. The fourth-order valence-electron chi connectivity index (χ4n) is 1.55. The third kappa shape index (κ3) is 2.10. The largest absolute Gasteiger partial charge is 0.507 e. The van der Waals surface area contributed by atoms with E-state index in [1.807, 2.05) is 12.1 Å². The van der Waals surface area contributed by atoms with Crippen LogP contribution < -0.4 is 5.73 Å². The summed E-state index contributed by atoms with van der Waals surface area (Å²) < 4.78 is 0.809. The Labute approximate surface area is 92.3 Å². The van der Waals surface area contributed by atoms with Crippen molar-refractivity contribution in [3.05, 3.63) is 28.2 Å². The zero-order valence-corrected chi connectivity index (χ0v) is 9.55. The molecule has 3 N–H and O–H groups in total. The van der Waals surface area contributed by atoms with Gasteiger partial charge in [-0.25, -0.2) is 0 Å². The molecule has 0 spiro atoms. The van der Waals surface area contributed by atoms with Crippen LogP contribution in [0.5, 0.6) is 5.75 Å². The predicted octanol–water partition coefficient (Wildman–Crippen LogP) is 2.58. The maximum Gasteiger partial charge on any atom is 0.130 e. The Balaban J connectivity index is 2.05. The van der Waals surface area contributed by atoms with Gasteiger partial charge in [-0.3, -0.25) is 0 Å². The van der Waals surface area contributed by atoms with Gasteiger partial charge in [-0.15, -0.1) is 0 Å². The summed E-state index contributed by atoms with van der Waals surface area (Å²) in [6.07, 6.45) is 4.23. The van der Waals surface area contributed by atoms with Gasteiger partial charge in [-0.05, 0) is 53.2 Å². The maximum atomic E-state index is 9.47. The average molecular weight is 256 g/mol. The molecule has 1 aromatic carbocycles. The van der Waals surface area contributed by atoms with Gasteiger partial charge < -0.3 is 10.8 Å². The Kier molecular flexibility index (Phi) is 2.54. The van der Waals surface area contributed by atoms with Gasteiger partial charge in [-0.1, -0.05) is 12.1 Å². The number of phenols is 1. The standard InChI is InChI=1S/C11H14BrNO/c12-10-8(2-1-3-9(10)14)4-5-11(13)6-7-11/h1-3,14H,4-7,13H2. The van der Waals surface area contributed by atoms with Gasteiger partial charge in [-0.2, -0.15) is 0 Å². The van der Waals surface area contributed by atoms with E-state index >= 15 is 0 Å². The first-order chi connectivity index (χ1) is 6.61. The molecule has 0 aliphatic heterocycles. The Morgan fingerprint density at radius 3 is 2.79 bits per heavy atom. The third-order valence-corrected chi connectivity index (χ3v) is 3.76. The molecule has 1 aliphatic carbocycles. The van der Waals surface area contributed by atoms with Crippen LogP contribution in [0.2, 0.25) is 0 Å². The molecular weight excluding hydrogens is 242 g/mol. The van der Waals surface area contributed by atoms with E-state index in [1.165, 1.54) is 0 Å². The topological polar surface area (TPSA) is 46.2 Å². The quantitative estimate of drug-likeness (QED) is 0.873. The molecule has 0 amide bonds. The molecule has 2 nitrogen and oxygen atoms in total. The molecule has 0 unspecified atom stereocenters. The lowest BCUT2D eigenvalue weighted by Crippen LogP contribution is -2.22. The molecule has 0 heterocycles. The molecule has 0 aromatic heterocycles. The number of nitrogens with two attached hydrogens (primary N) is 1. The second-order valence-corrected chi connectivity index (χ2v) is 4.91. The molecule has 0 radical (unpaired) electrons. The fraction of sp³-hybridized carbons (Fsp3) is 0.455. The lowest BCUT2D eigenvalue weighted by atomic mass is 10.0. The molecule has 0 atom stereocenters. The van der Waals surface area contributed by atoms with E-state index in [1.54, 1.807) is 6.07 Å². The van der Waals surface area contributed by atoms with E-state index in [9.17, 15) is 5.11 Å². The Hall–Kier alpha value is -0.540. The number of hydrogen-bond donors (Lipinski definition) is 2. The van der Waals surface area contributed by atoms with E-state index in [4.69, 9.17) is 5.73 Å². The van der Waals surface area contributed by atoms with E-state index < -0.39 is 0 Å². The van der Waals surface area contributed by atoms with Crippen LogP contribution >= 0.6 is 15.9 Å². The molecular formula is C11H14BrNO. The second kappa shape index (κ2) is 3.55. The smallest absolute Gasteiger partial charge is 0.130 e. The molecule has 0 saturated heterocycles. The summed E-state index contributed by atoms with van der Waals surface area (Å²) in [4.78, 5) is 0. The van der Waals surface area contributed by atoms with Crippen LogP contribution in [0.15, 0.2) is 22.7 Å². The summed E-state index contributed by atoms with van der Waals surface area (Å²) in [5, 5.41) is 9.47. The van der Waals surface area contributed by atoms with E-state index in [0.717, 1.165) is 35.7 Å². The first kappa shape index (κ1) is 9.99. The van der Waals surface area contributed by atoms with Gasteiger partial charge in [0.2, 0.25) is 0 Å². The van der Waals surface area contributed by atoms with Crippen molar-refractivity contribution in [1.29, 1.82) is 0 Å². The Morgan fingerprint density at radius 2 is 2.14 bits per heavy atom. The fourth-order valence-corrected chi connectivity index (χ4v) is 2.02. The predicted molar refractivity (Wildman–Crippen MR) is 60.3 cm³/mol. The lowest BCUT2D eigenvalue weighted by Gasteiger charge is -2.10. The van der Waals surface area contributed by atoms with Gasteiger partial charge in [0.1, 0.15) is 5.75 Å². The Morgan fingerprint density at radius 1 is 1.43 bits per heavy atom. The van der Waals surface area contributed by atoms with Gasteiger partial charge in [0.15, 0.2) is 0 Å². The molecule has 1 aliphatic rings. The summed E-state index contributed by atoms with van der Waals surface area (Å²) in [6, 6.07) is 5.57. The third-order valence-electron chi connectivity index (χ3n) is 2.84. The highest BCUT2D eigenvalue weighted by molar-refractivity contribution is 9.10. The number of benzene rings is 1. The van der Waals surface area contributed by atoms with Crippen LogP contribution in [0.4, 0.5) is 0 Å². The van der Waals surface area contributed by atoms with Crippen LogP contribution in [0.25, 0.3) is 0 Å². The van der Waals surface area contributed by atoms with Crippen LogP contribution in [-0.2, 0) is 6.42 Å². The minimum atomic E-state index is 0.0882. The number of halogens is 1. The van der Waals surface area contributed by atoms with Gasteiger partial charge in [0.25, 0.3) is 0 Å². The molecule has 3 heteroatoms. The molecule has 0 bridgehead atoms. The summed E-state index contributed by atoms with van der Waals surface area (Å²) >= 11 is 3.38. The molecule has 2 rings (SSSR count). The van der Waals surface area contributed by atoms with Crippen molar-refractivity contribution in [3.8, 4) is 5.75 Å². The van der Waals surface area contributed by atoms with Gasteiger partial charge in [0, 0.05) is 5.54 Å². The number of aryl methyl sites for hydroxylation is 1. The van der Waals surface area contributed by atoms with Crippen molar-refractivity contribution >= 4 is 15.9 Å². The monoisotopic (exact) mass is 255 g/mol. The number of aromatic hydroxyl groups is 1. The van der Waals surface area contributed by atoms with Crippen molar-refractivity contribution in [2.75, 3.05) is 0 Å². The van der Waals surface area contributed by atoms with E-state index in [2.05, 4.69) is 15.9 Å².